The molecule has 0 N–H and O–H groups in total. The predicted octanol–water partition coefficient (Wildman–Crippen LogP) is 3.50. The highest BCUT2D eigenvalue weighted by atomic mass is 32.2. The Labute approximate surface area is 165 Å². The quantitative estimate of drug-likeness (QED) is 0.531. The van der Waals surface area contributed by atoms with Crippen molar-refractivity contribution in [2.45, 2.75) is 30.4 Å². The van der Waals surface area contributed by atoms with Crippen molar-refractivity contribution in [1.29, 1.82) is 0 Å². The summed E-state index contributed by atoms with van der Waals surface area (Å²) in [5.41, 5.74) is 2.09. The molecule has 4 rings (SSSR count). The Kier molecular flexibility index (Phi) is 4.68. The topological polar surface area (TPSA) is 70.0 Å². The summed E-state index contributed by atoms with van der Waals surface area (Å²) in [5.74, 6) is 0. The molecule has 1 aromatic carbocycles. The molecule has 0 aliphatic carbocycles. The number of fused-ring (bicyclic) bond motifs is 1. The van der Waals surface area contributed by atoms with Gasteiger partial charge in [0.05, 0.1) is 11.9 Å². The minimum absolute atomic E-state index is 0.165. The van der Waals surface area contributed by atoms with Gasteiger partial charge in [-0.05, 0) is 36.7 Å². The van der Waals surface area contributed by atoms with Crippen molar-refractivity contribution >= 4 is 22.7 Å². The first-order chi connectivity index (χ1) is 13.5. The van der Waals surface area contributed by atoms with Crippen molar-refractivity contribution in [2.75, 3.05) is 0 Å². The fraction of sp³-hybridized carbons (Fsp3) is 0.190. The number of aryl methyl sites for hydroxylation is 3. The van der Waals surface area contributed by atoms with E-state index in [9.17, 15) is 9.59 Å². The highest BCUT2D eigenvalue weighted by molar-refractivity contribution is 7.99. The maximum absolute atomic E-state index is 13.3. The molecule has 0 amide bonds. The molecule has 142 valence electrons. The van der Waals surface area contributed by atoms with Gasteiger partial charge in [-0.3, -0.25) is 4.79 Å². The Morgan fingerprint density at radius 1 is 1.14 bits per heavy atom. The normalized spacial score (nSPS) is 11.2. The number of benzene rings is 1. The van der Waals surface area contributed by atoms with E-state index in [1.165, 1.54) is 11.8 Å². The lowest BCUT2D eigenvalue weighted by molar-refractivity contribution is 0.538. The van der Waals surface area contributed by atoms with Crippen molar-refractivity contribution < 1.29 is 4.42 Å². The van der Waals surface area contributed by atoms with Crippen LogP contribution in [0.5, 0.6) is 0 Å². The van der Waals surface area contributed by atoms with Gasteiger partial charge >= 0.3 is 5.63 Å². The molecule has 7 heteroatoms. The van der Waals surface area contributed by atoms with E-state index in [2.05, 4.69) is 4.98 Å². The molecule has 28 heavy (non-hydrogen) atoms. The number of hydrogen-bond donors (Lipinski definition) is 0. The van der Waals surface area contributed by atoms with Crippen molar-refractivity contribution in [3.05, 3.63) is 86.4 Å². The molecule has 0 atom stereocenters. The zero-order valence-corrected chi connectivity index (χ0v) is 16.6. The number of pyridine rings is 1. The third kappa shape index (κ3) is 3.18. The molecule has 0 unspecified atom stereocenters. The molecule has 3 heterocycles. The van der Waals surface area contributed by atoms with E-state index in [0.717, 1.165) is 11.3 Å². The van der Waals surface area contributed by atoms with Gasteiger partial charge in [-0.2, -0.15) is 0 Å². The molecule has 0 bridgehead atoms. The average Bonchev–Trinajstić information content (AvgIpc) is 3.07. The molecule has 0 spiro atoms. The van der Waals surface area contributed by atoms with Crippen molar-refractivity contribution in [1.82, 2.24) is 14.1 Å². The van der Waals surface area contributed by atoms with Crippen LogP contribution >= 0.6 is 11.8 Å². The molecule has 0 saturated carbocycles. The van der Waals surface area contributed by atoms with E-state index in [4.69, 9.17) is 4.42 Å². The van der Waals surface area contributed by atoms with Gasteiger partial charge in [-0.25, -0.2) is 9.78 Å². The Morgan fingerprint density at radius 3 is 2.57 bits per heavy atom. The summed E-state index contributed by atoms with van der Waals surface area (Å²) in [6.07, 6.45) is 3.47. The van der Waals surface area contributed by atoms with Gasteiger partial charge in [0, 0.05) is 31.2 Å². The third-order valence-corrected chi connectivity index (χ3v) is 5.98. The Morgan fingerprint density at radius 2 is 1.89 bits per heavy atom. The zero-order valence-electron chi connectivity index (χ0n) is 15.8. The van der Waals surface area contributed by atoms with Gasteiger partial charge in [0.1, 0.15) is 10.5 Å². The Balaban J connectivity index is 1.90. The first kappa shape index (κ1) is 18.3. The van der Waals surface area contributed by atoms with Crippen LogP contribution in [0.25, 0.3) is 11.0 Å². The fourth-order valence-corrected chi connectivity index (χ4v) is 4.08. The highest BCUT2D eigenvalue weighted by Crippen LogP contribution is 2.29. The SMILES string of the molecule is Cc1c(Sc2nccn2C)c(=O)oc2cc(C)n(Cc3ccccc3)c(=O)c12. The van der Waals surface area contributed by atoms with E-state index in [1.54, 1.807) is 30.0 Å². The molecular weight excluding hydrogens is 374 g/mol. The van der Waals surface area contributed by atoms with E-state index < -0.39 is 5.63 Å². The maximum atomic E-state index is 13.3. The summed E-state index contributed by atoms with van der Waals surface area (Å²) in [7, 11) is 1.85. The lowest BCUT2D eigenvalue weighted by Gasteiger charge is -2.13. The summed E-state index contributed by atoms with van der Waals surface area (Å²) < 4.78 is 9.03. The van der Waals surface area contributed by atoms with Crippen LogP contribution in [0.1, 0.15) is 16.8 Å². The number of imidazole rings is 1. The monoisotopic (exact) mass is 393 g/mol. The van der Waals surface area contributed by atoms with Gasteiger partial charge in [-0.15, -0.1) is 0 Å². The molecule has 0 aliphatic heterocycles. The van der Waals surface area contributed by atoms with Crippen molar-refractivity contribution in [2.24, 2.45) is 7.05 Å². The van der Waals surface area contributed by atoms with E-state index in [1.807, 2.05) is 48.9 Å². The van der Waals surface area contributed by atoms with Crippen LogP contribution in [0, 0.1) is 13.8 Å². The smallest absolute Gasteiger partial charge is 0.350 e. The maximum Gasteiger partial charge on any atom is 0.350 e. The number of nitrogens with zero attached hydrogens (tertiary/aromatic N) is 3. The second-order valence-electron chi connectivity index (χ2n) is 6.67. The lowest BCUT2D eigenvalue weighted by atomic mass is 10.1. The second-order valence-corrected chi connectivity index (χ2v) is 7.65. The summed E-state index contributed by atoms with van der Waals surface area (Å²) in [6.45, 7) is 4.09. The number of rotatable bonds is 4. The minimum atomic E-state index is -0.461. The van der Waals surface area contributed by atoms with Gasteiger partial charge in [0.15, 0.2) is 5.16 Å². The molecule has 4 aromatic rings. The van der Waals surface area contributed by atoms with Crippen molar-refractivity contribution in [3.8, 4) is 0 Å². The van der Waals surface area contributed by atoms with E-state index in [-0.39, 0.29) is 5.56 Å². The first-order valence-electron chi connectivity index (χ1n) is 8.82. The summed E-state index contributed by atoms with van der Waals surface area (Å²) >= 11 is 1.21. The summed E-state index contributed by atoms with van der Waals surface area (Å²) in [4.78, 5) is 30.5. The van der Waals surface area contributed by atoms with E-state index in [0.29, 0.717) is 33.1 Å². The van der Waals surface area contributed by atoms with Crippen LogP contribution < -0.4 is 11.2 Å². The summed E-state index contributed by atoms with van der Waals surface area (Å²) in [5, 5.41) is 1.09. The van der Waals surface area contributed by atoms with Gasteiger partial charge in [-0.1, -0.05) is 30.3 Å². The highest BCUT2D eigenvalue weighted by Gasteiger charge is 2.19. The lowest BCUT2D eigenvalue weighted by Crippen LogP contribution is -2.24. The molecule has 3 aromatic heterocycles. The van der Waals surface area contributed by atoms with Crippen molar-refractivity contribution in [3.63, 3.8) is 0 Å². The number of aromatic nitrogens is 3. The second kappa shape index (κ2) is 7.16. The Bertz CT molecular complexity index is 1290. The van der Waals surface area contributed by atoms with E-state index >= 15 is 0 Å². The van der Waals surface area contributed by atoms with Crippen LogP contribution in [0.2, 0.25) is 0 Å². The van der Waals surface area contributed by atoms with Crippen LogP contribution in [0.4, 0.5) is 0 Å². The van der Waals surface area contributed by atoms with Crippen LogP contribution in [0.3, 0.4) is 0 Å². The third-order valence-electron chi connectivity index (χ3n) is 4.73. The van der Waals surface area contributed by atoms with Crippen LogP contribution in [-0.4, -0.2) is 14.1 Å². The fourth-order valence-electron chi connectivity index (χ4n) is 3.20. The molecule has 0 aliphatic rings. The largest absolute Gasteiger partial charge is 0.422 e. The van der Waals surface area contributed by atoms with Gasteiger partial charge in [0.25, 0.3) is 5.56 Å². The molecule has 0 radical (unpaired) electrons. The minimum Gasteiger partial charge on any atom is -0.422 e. The first-order valence-corrected chi connectivity index (χ1v) is 9.64. The molecule has 0 fully saturated rings. The standard InChI is InChI=1S/C21H19N3O3S/c1-13-11-16-17(19(25)24(13)12-15-7-5-4-6-8-15)14(2)18(20(26)27-16)28-21-22-9-10-23(21)3/h4-11H,12H2,1-3H3. The molecule has 0 saturated heterocycles. The summed E-state index contributed by atoms with van der Waals surface area (Å²) in [6, 6.07) is 11.6. The van der Waals surface area contributed by atoms with Gasteiger partial charge < -0.3 is 13.6 Å². The average molecular weight is 393 g/mol. The Hall–Kier alpha value is -3.06. The van der Waals surface area contributed by atoms with Crippen LogP contribution in [-0.2, 0) is 13.6 Å². The zero-order chi connectivity index (χ0) is 19.8. The van der Waals surface area contributed by atoms with Gasteiger partial charge in [0.2, 0.25) is 0 Å². The predicted molar refractivity (Wildman–Crippen MR) is 109 cm³/mol. The number of hydrogen-bond acceptors (Lipinski definition) is 5. The van der Waals surface area contributed by atoms with Crippen LogP contribution in [0.15, 0.2) is 72.9 Å². The molecular formula is C21H19N3O3S. The molecule has 6 nitrogen and oxygen atoms in total.